The van der Waals surface area contributed by atoms with Crippen LogP contribution in [-0.4, -0.2) is 40.0 Å². The third-order valence-corrected chi connectivity index (χ3v) is 7.55. The molecule has 2 aromatic carbocycles. The first-order chi connectivity index (χ1) is 14.8. The van der Waals surface area contributed by atoms with E-state index in [4.69, 9.17) is 4.74 Å². The minimum Gasteiger partial charge on any atom is -0.381 e. The second-order valence-electron chi connectivity index (χ2n) is 8.20. The number of carbonyl (C=O) groups excluding carboxylic acids is 2. The van der Waals surface area contributed by atoms with Gasteiger partial charge in [-0.2, -0.15) is 0 Å². The minimum atomic E-state index is -3.76. The molecule has 2 fully saturated rings. The number of nitrogens with one attached hydrogen (secondary N) is 1. The third-order valence-electron chi connectivity index (χ3n) is 6.14. The molecular weight excluding hydrogens is 416 g/mol. The van der Waals surface area contributed by atoms with Crippen molar-refractivity contribution in [3.05, 3.63) is 59.7 Å². The van der Waals surface area contributed by atoms with E-state index in [1.165, 1.54) is 24.3 Å². The lowest BCUT2D eigenvalue weighted by Gasteiger charge is -2.38. The number of benzene rings is 2. The number of hydrogen-bond donors (Lipinski definition) is 1. The molecule has 4 rings (SSSR count). The topological polar surface area (TPSA) is 92.8 Å². The maximum Gasteiger partial charge on any atom is 0.240 e. The number of anilines is 1. The summed E-state index contributed by atoms with van der Waals surface area (Å²) in [5.41, 5.74) is 2.31. The summed E-state index contributed by atoms with van der Waals surface area (Å²) in [6.45, 7) is 3.47. The normalized spacial score (nSPS) is 19.1. The Morgan fingerprint density at radius 1 is 1.00 bits per heavy atom. The second kappa shape index (κ2) is 8.53. The van der Waals surface area contributed by atoms with E-state index >= 15 is 0 Å². The van der Waals surface area contributed by atoms with Crippen LogP contribution in [0, 0.1) is 6.92 Å². The van der Waals surface area contributed by atoms with Crippen LogP contribution in [0.15, 0.2) is 53.4 Å². The number of rotatable bonds is 6. The Bertz CT molecular complexity index is 1070. The number of hydrogen-bond acceptors (Lipinski definition) is 5. The Hall–Kier alpha value is -2.55. The zero-order valence-corrected chi connectivity index (χ0v) is 18.3. The van der Waals surface area contributed by atoms with Crippen molar-refractivity contribution < 1.29 is 22.7 Å². The molecule has 164 valence electrons. The van der Waals surface area contributed by atoms with Crippen molar-refractivity contribution in [2.45, 2.75) is 42.9 Å². The number of amides is 2. The highest BCUT2D eigenvalue weighted by molar-refractivity contribution is 7.89. The molecule has 7 nitrogen and oxygen atoms in total. The van der Waals surface area contributed by atoms with Crippen LogP contribution in [0.2, 0.25) is 0 Å². The smallest absolute Gasteiger partial charge is 0.240 e. The molecule has 2 heterocycles. The van der Waals surface area contributed by atoms with Crippen molar-refractivity contribution in [1.29, 1.82) is 0 Å². The maximum absolute atomic E-state index is 13.0. The van der Waals surface area contributed by atoms with Crippen LogP contribution < -0.4 is 9.62 Å². The van der Waals surface area contributed by atoms with Gasteiger partial charge in [-0.3, -0.25) is 14.5 Å². The second-order valence-corrected chi connectivity index (χ2v) is 9.97. The van der Waals surface area contributed by atoms with Crippen molar-refractivity contribution in [2.24, 2.45) is 0 Å². The molecule has 0 bridgehead atoms. The Morgan fingerprint density at radius 2 is 1.65 bits per heavy atom. The van der Waals surface area contributed by atoms with Crippen LogP contribution in [-0.2, 0) is 29.8 Å². The van der Waals surface area contributed by atoms with Gasteiger partial charge in [-0.05, 0) is 49.6 Å². The fraction of sp³-hybridized carbons (Fsp3) is 0.391. The van der Waals surface area contributed by atoms with E-state index in [2.05, 4.69) is 10.8 Å². The molecule has 2 aliphatic heterocycles. The summed E-state index contributed by atoms with van der Waals surface area (Å²) in [6, 6.07) is 14.0. The van der Waals surface area contributed by atoms with Crippen molar-refractivity contribution in [1.82, 2.24) is 4.72 Å². The van der Waals surface area contributed by atoms with Crippen LogP contribution in [0.5, 0.6) is 0 Å². The summed E-state index contributed by atoms with van der Waals surface area (Å²) in [6.07, 6.45) is 1.84. The Morgan fingerprint density at radius 3 is 2.26 bits per heavy atom. The van der Waals surface area contributed by atoms with E-state index in [1.807, 2.05) is 25.1 Å². The molecule has 0 radical (unpaired) electrons. The van der Waals surface area contributed by atoms with Crippen LogP contribution in [0.25, 0.3) is 0 Å². The van der Waals surface area contributed by atoms with Gasteiger partial charge in [0.15, 0.2) is 0 Å². The van der Waals surface area contributed by atoms with Gasteiger partial charge < -0.3 is 4.74 Å². The maximum atomic E-state index is 13.0. The van der Waals surface area contributed by atoms with Gasteiger partial charge in [0.2, 0.25) is 21.8 Å². The van der Waals surface area contributed by atoms with E-state index in [1.54, 1.807) is 0 Å². The Balaban J connectivity index is 1.53. The lowest BCUT2D eigenvalue weighted by atomic mass is 9.74. The number of ether oxygens (including phenoxy) is 1. The molecule has 2 aliphatic rings. The molecule has 2 aromatic rings. The third kappa shape index (κ3) is 4.42. The van der Waals surface area contributed by atoms with Gasteiger partial charge in [0.25, 0.3) is 0 Å². The van der Waals surface area contributed by atoms with Crippen LogP contribution in [0.1, 0.15) is 36.8 Å². The molecule has 2 amide bonds. The molecule has 31 heavy (non-hydrogen) atoms. The fourth-order valence-electron chi connectivity index (χ4n) is 4.26. The highest BCUT2D eigenvalue weighted by Crippen LogP contribution is 2.35. The van der Waals surface area contributed by atoms with Gasteiger partial charge in [-0.15, -0.1) is 0 Å². The zero-order chi connectivity index (χ0) is 22.1. The molecule has 0 atom stereocenters. The first-order valence-electron chi connectivity index (χ1n) is 10.4. The molecular formula is C23H26N2O5S. The predicted octanol–water partition coefficient (Wildman–Crippen LogP) is 2.68. The SMILES string of the molecule is Cc1cccc(C2(CNS(=O)(=O)c3ccc(N4C(=O)CCC4=O)cc3)CCOCC2)c1. The van der Waals surface area contributed by atoms with E-state index in [0.717, 1.165) is 28.9 Å². The van der Waals surface area contributed by atoms with E-state index in [-0.39, 0.29) is 41.5 Å². The summed E-state index contributed by atoms with van der Waals surface area (Å²) in [5, 5.41) is 0. The van der Waals surface area contributed by atoms with Gasteiger partial charge in [-0.1, -0.05) is 29.8 Å². The van der Waals surface area contributed by atoms with E-state index < -0.39 is 10.0 Å². The van der Waals surface area contributed by atoms with Crippen molar-refractivity contribution in [2.75, 3.05) is 24.7 Å². The quantitative estimate of drug-likeness (QED) is 0.695. The molecule has 0 unspecified atom stereocenters. The van der Waals surface area contributed by atoms with Gasteiger partial charge in [-0.25, -0.2) is 13.1 Å². The van der Waals surface area contributed by atoms with Crippen molar-refractivity contribution >= 4 is 27.5 Å². The minimum absolute atomic E-state index is 0.0989. The summed E-state index contributed by atoms with van der Waals surface area (Å²) in [4.78, 5) is 25.0. The number of imide groups is 1. The molecule has 0 saturated carbocycles. The lowest BCUT2D eigenvalue weighted by molar-refractivity contribution is -0.121. The summed E-state index contributed by atoms with van der Waals surface area (Å²) >= 11 is 0. The molecule has 0 spiro atoms. The summed E-state index contributed by atoms with van der Waals surface area (Å²) in [7, 11) is -3.76. The largest absolute Gasteiger partial charge is 0.381 e. The number of sulfonamides is 1. The van der Waals surface area contributed by atoms with Crippen LogP contribution >= 0.6 is 0 Å². The Kier molecular flexibility index (Phi) is 5.96. The Labute approximate surface area is 182 Å². The van der Waals surface area contributed by atoms with E-state index in [0.29, 0.717) is 18.9 Å². The monoisotopic (exact) mass is 442 g/mol. The molecule has 2 saturated heterocycles. The standard InChI is InChI=1S/C23H26N2O5S/c1-17-3-2-4-18(15-17)23(11-13-30-14-12-23)16-24-31(28,29)20-7-5-19(6-8-20)25-21(26)9-10-22(25)27/h2-8,15,24H,9-14,16H2,1H3. The van der Waals surface area contributed by atoms with Crippen molar-refractivity contribution in [3.8, 4) is 0 Å². The number of nitrogens with zero attached hydrogens (tertiary/aromatic N) is 1. The summed E-state index contributed by atoms with van der Waals surface area (Å²) in [5.74, 6) is -0.531. The van der Waals surface area contributed by atoms with Gasteiger partial charge in [0.1, 0.15) is 0 Å². The first-order valence-corrected chi connectivity index (χ1v) is 11.9. The zero-order valence-electron chi connectivity index (χ0n) is 17.5. The van der Waals surface area contributed by atoms with Crippen molar-refractivity contribution in [3.63, 3.8) is 0 Å². The molecule has 0 aromatic heterocycles. The highest BCUT2D eigenvalue weighted by atomic mass is 32.2. The molecule has 1 N–H and O–H groups in total. The van der Waals surface area contributed by atoms with Gasteiger partial charge in [0.05, 0.1) is 10.6 Å². The average molecular weight is 443 g/mol. The summed E-state index contributed by atoms with van der Waals surface area (Å²) < 4.78 is 34.3. The fourth-order valence-corrected chi connectivity index (χ4v) is 5.39. The average Bonchev–Trinajstić information content (AvgIpc) is 3.11. The van der Waals surface area contributed by atoms with Gasteiger partial charge in [0, 0.05) is 38.0 Å². The first kappa shape index (κ1) is 21.7. The van der Waals surface area contributed by atoms with Gasteiger partial charge >= 0.3 is 0 Å². The number of aryl methyl sites for hydroxylation is 1. The van der Waals surface area contributed by atoms with Crippen LogP contribution in [0.3, 0.4) is 0 Å². The predicted molar refractivity (Wildman–Crippen MR) is 116 cm³/mol. The highest BCUT2D eigenvalue weighted by Gasteiger charge is 2.36. The number of carbonyl (C=O) groups is 2. The molecule has 8 heteroatoms. The lowest BCUT2D eigenvalue weighted by Crippen LogP contribution is -2.44. The van der Waals surface area contributed by atoms with Crippen LogP contribution in [0.4, 0.5) is 5.69 Å². The molecule has 0 aliphatic carbocycles. The van der Waals surface area contributed by atoms with E-state index in [9.17, 15) is 18.0 Å².